The predicted molar refractivity (Wildman–Crippen MR) is 124 cm³/mol. The monoisotopic (exact) mass is 476 g/mol. The van der Waals surface area contributed by atoms with E-state index >= 15 is 0 Å². The molecule has 2 heterocycles. The van der Waals surface area contributed by atoms with Crippen LogP contribution in [-0.4, -0.2) is 57.8 Å². The predicted octanol–water partition coefficient (Wildman–Crippen LogP) is 3.40. The highest BCUT2D eigenvalue weighted by molar-refractivity contribution is 7.98. The third-order valence-corrected chi connectivity index (χ3v) is 8.07. The summed E-state index contributed by atoms with van der Waals surface area (Å²) in [5.74, 6) is 1.73. The highest BCUT2D eigenvalue weighted by atomic mass is 32.2. The van der Waals surface area contributed by atoms with Gasteiger partial charge in [0.15, 0.2) is 11.5 Å². The van der Waals surface area contributed by atoms with Gasteiger partial charge >= 0.3 is 0 Å². The number of rotatable bonds is 6. The summed E-state index contributed by atoms with van der Waals surface area (Å²) in [6, 6.07) is 12.0. The summed E-state index contributed by atoms with van der Waals surface area (Å²) in [7, 11) is -3.82. The van der Waals surface area contributed by atoms with Crippen LogP contribution in [0.3, 0.4) is 0 Å². The number of sulfonamides is 1. The van der Waals surface area contributed by atoms with Crippen LogP contribution in [0.5, 0.6) is 11.5 Å². The zero-order chi connectivity index (χ0) is 22.7. The first kappa shape index (κ1) is 22.9. The lowest BCUT2D eigenvalue weighted by atomic mass is 9.98. The molecular formula is C23H28N2O5S2. The molecular weight excluding hydrogens is 448 g/mol. The average molecular weight is 477 g/mol. The molecule has 4 rings (SSSR count). The topological polar surface area (TPSA) is 84.9 Å². The van der Waals surface area contributed by atoms with Crippen LogP contribution < -0.4 is 14.2 Å². The fourth-order valence-electron chi connectivity index (χ4n) is 3.85. The number of amides is 1. The van der Waals surface area contributed by atoms with E-state index in [1.165, 1.54) is 23.9 Å². The largest absolute Gasteiger partial charge is 0.486 e. The molecule has 1 amide bonds. The lowest BCUT2D eigenvalue weighted by molar-refractivity contribution is 0.0693. The number of fused-ring (bicyclic) bond motifs is 1. The van der Waals surface area contributed by atoms with Crippen molar-refractivity contribution in [2.24, 2.45) is 5.92 Å². The summed E-state index contributed by atoms with van der Waals surface area (Å²) in [6.45, 7) is 3.90. The van der Waals surface area contributed by atoms with Gasteiger partial charge in [-0.15, -0.1) is 11.8 Å². The zero-order valence-electron chi connectivity index (χ0n) is 18.2. The maximum Gasteiger partial charge on any atom is 0.255 e. The number of nitrogens with zero attached hydrogens (tertiary/aromatic N) is 1. The van der Waals surface area contributed by atoms with Crippen molar-refractivity contribution in [3.8, 4) is 11.5 Å². The van der Waals surface area contributed by atoms with Gasteiger partial charge in [0.1, 0.15) is 12.7 Å². The van der Waals surface area contributed by atoms with Crippen molar-refractivity contribution < 1.29 is 22.7 Å². The third kappa shape index (κ3) is 5.05. The number of piperidine rings is 1. The molecule has 0 spiro atoms. The highest BCUT2D eigenvalue weighted by Crippen LogP contribution is 2.31. The number of carbonyl (C=O) groups is 1. The van der Waals surface area contributed by atoms with Gasteiger partial charge in [-0.1, -0.05) is 19.1 Å². The molecule has 32 heavy (non-hydrogen) atoms. The van der Waals surface area contributed by atoms with Crippen LogP contribution in [0.1, 0.15) is 30.1 Å². The van der Waals surface area contributed by atoms with Crippen molar-refractivity contribution >= 4 is 27.7 Å². The quantitative estimate of drug-likeness (QED) is 0.644. The van der Waals surface area contributed by atoms with Gasteiger partial charge in [0, 0.05) is 18.0 Å². The minimum Gasteiger partial charge on any atom is -0.486 e. The summed E-state index contributed by atoms with van der Waals surface area (Å²) in [6.07, 6.45) is 3.37. The number of nitrogens with one attached hydrogen (secondary N) is 1. The van der Waals surface area contributed by atoms with Crippen LogP contribution in [0.4, 0.5) is 0 Å². The van der Waals surface area contributed by atoms with E-state index in [-0.39, 0.29) is 24.0 Å². The van der Waals surface area contributed by atoms with E-state index in [2.05, 4.69) is 11.6 Å². The van der Waals surface area contributed by atoms with Gasteiger partial charge in [-0.2, -0.15) is 0 Å². The van der Waals surface area contributed by atoms with Crippen LogP contribution in [0, 0.1) is 5.92 Å². The minimum atomic E-state index is -3.82. The molecule has 2 aliphatic heterocycles. The fourth-order valence-corrected chi connectivity index (χ4v) is 5.52. The van der Waals surface area contributed by atoms with E-state index in [9.17, 15) is 13.2 Å². The van der Waals surface area contributed by atoms with E-state index < -0.39 is 16.1 Å². The number of para-hydroxylation sites is 2. The second-order valence-electron chi connectivity index (χ2n) is 8.19. The molecule has 0 aliphatic carbocycles. The lowest BCUT2D eigenvalue weighted by Gasteiger charge is -2.31. The Bertz CT molecular complexity index is 1080. The Morgan fingerprint density at radius 1 is 1.16 bits per heavy atom. The van der Waals surface area contributed by atoms with Gasteiger partial charge in [-0.05, 0) is 55.3 Å². The summed E-state index contributed by atoms with van der Waals surface area (Å²) in [5, 5.41) is 0. The van der Waals surface area contributed by atoms with Crippen molar-refractivity contribution in [3.05, 3.63) is 48.0 Å². The van der Waals surface area contributed by atoms with Crippen LogP contribution >= 0.6 is 11.8 Å². The summed E-state index contributed by atoms with van der Waals surface area (Å²) in [5.41, 5.74) is 0.432. The normalized spacial score (nSPS) is 19.1. The van der Waals surface area contributed by atoms with E-state index in [1.807, 2.05) is 29.4 Å². The third-order valence-electron chi connectivity index (χ3n) is 5.85. The molecule has 1 atom stereocenters. The first-order valence-electron chi connectivity index (χ1n) is 10.7. The van der Waals surface area contributed by atoms with Crippen LogP contribution in [0.15, 0.2) is 52.3 Å². The van der Waals surface area contributed by atoms with E-state index in [1.54, 1.807) is 12.1 Å². The SMILES string of the molecule is CSc1ccc(S(=O)(=O)NC[C@H]2COc3ccccc3O2)cc1C(=O)N1CCC(C)CC1. The summed E-state index contributed by atoms with van der Waals surface area (Å²) < 4.78 is 40.0. The van der Waals surface area contributed by atoms with Gasteiger partial charge in [0.2, 0.25) is 10.0 Å². The number of hydrogen-bond acceptors (Lipinski definition) is 6. The van der Waals surface area contributed by atoms with Crippen molar-refractivity contribution in [2.75, 3.05) is 32.5 Å². The number of likely N-dealkylation sites (tertiary alicyclic amines) is 1. The molecule has 0 radical (unpaired) electrons. The minimum absolute atomic E-state index is 0.0637. The molecule has 0 bridgehead atoms. The lowest BCUT2D eigenvalue weighted by Crippen LogP contribution is -2.41. The average Bonchev–Trinajstić information content (AvgIpc) is 2.82. The molecule has 2 aromatic rings. The fraction of sp³-hybridized carbons (Fsp3) is 0.435. The first-order chi connectivity index (χ1) is 15.4. The van der Waals surface area contributed by atoms with Crippen LogP contribution in [0.2, 0.25) is 0 Å². The summed E-state index contributed by atoms with van der Waals surface area (Å²) in [4.78, 5) is 15.8. The Morgan fingerprint density at radius 3 is 2.59 bits per heavy atom. The molecule has 1 N–H and O–H groups in total. The molecule has 172 valence electrons. The van der Waals surface area contributed by atoms with Crippen LogP contribution in [-0.2, 0) is 10.0 Å². The van der Waals surface area contributed by atoms with E-state index in [4.69, 9.17) is 9.47 Å². The molecule has 0 unspecified atom stereocenters. The van der Waals surface area contributed by atoms with Crippen molar-refractivity contribution in [1.82, 2.24) is 9.62 Å². The second kappa shape index (κ2) is 9.72. The second-order valence-corrected chi connectivity index (χ2v) is 10.8. The van der Waals surface area contributed by atoms with Gasteiger partial charge in [0.05, 0.1) is 17.0 Å². The van der Waals surface area contributed by atoms with Crippen molar-refractivity contribution in [3.63, 3.8) is 0 Å². The van der Waals surface area contributed by atoms with Gasteiger partial charge < -0.3 is 14.4 Å². The molecule has 7 nitrogen and oxygen atoms in total. The molecule has 0 saturated carbocycles. The van der Waals surface area contributed by atoms with Crippen molar-refractivity contribution in [1.29, 1.82) is 0 Å². The number of thioether (sulfide) groups is 1. The molecule has 2 aromatic carbocycles. The molecule has 2 aliphatic rings. The zero-order valence-corrected chi connectivity index (χ0v) is 19.9. The Labute approximate surface area is 193 Å². The smallest absolute Gasteiger partial charge is 0.255 e. The molecule has 1 saturated heterocycles. The maximum absolute atomic E-state index is 13.1. The van der Waals surface area contributed by atoms with E-state index in [0.29, 0.717) is 36.1 Å². The first-order valence-corrected chi connectivity index (χ1v) is 13.4. The molecule has 9 heteroatoms. The molecule has 1 fully saturated rings. The van der Waals surface area contributed by atoms with Gasteiger partial charge in [-0.3, -0.25) is 4.79 Å². The maximum atomic E-state index is 13.1. The number of ether oxygens (including phenoxy) is 2. The standard InChI is InChI=1S/C23H28N2O5S2/c1-16-9-11-25(12-10-16)23(26)19-13-18(7-8-22(19)31-2)32(27,28)24-14-17-15-29-20-5-3-4-6-21(20)30-17/h3-8,13,16-17,24H,9-12,14-15H2,1-2H3/t17-/m0/s1. The molecule has 0 aromatic heterocycles. The Balaban J connectivity index is 1.47. The van der Waals surface area contributed by atoms with Gasteiger partial charge in [-0.25, -0.2) is 13.1 Å². The number of benzene rings is 2. The highest BCUT2D eigenvalue weighted by Gasteiger charge is 2.27. The van der Waals surface area contributed by atoms with Crippen molar-refractivity contribution in [2.45, 2.75) is 35.7 Å². The Morgan fingerprint density at radius 2 is 1.88 bits per heavy atom. The van der Waals surface area contributed by atoms with E-state index in [0.717, 1.165) is 17.7 Å². The van der Waals surface area contributed by atoms with Gasteiger partial charge in [0.25, 0.3) is 5.91 Å². The Hall–Kier alpha value is -2.23. The Kier molecular flexibility index (Phi) is 6.97. The number of carbonyl (C=O) groups excluding carboxylic acids is 1. The summed E-state index contributed by atoms with van der Waals surface area (Å²) >= 11 is 1.44. The van der Waals surface area contributed by atoms with Crippen LogP contribution in [0.25, 0.3) is 0 Å². The number of hydrogen-bond donors (Lipinski definition) is 1.